The average molecular weight is 283 g/mol. The van der Waals surface area contributed by atoms with Crippen LogP contribution in [-0.4, -0.2) is 9.91 Å². The largest absolute Gasteiger partial charge is 0.486 e. The molecule has 0 spiro atoms. The molecule has 7 heteroatoms. The van der Waals surface area contributed by atoms with E-state index < -0.39 is 10.7 Å². The second-order valence-corrected chi connectivity index (χ2v) is 4.00. The van der Waals surface area contributed by atoms with Crippen molar-refractivity contribution in [3.05, 3.63) is 63.2 Å². The second-order valence-electron chi connectivity index (χ2n) is 3.59. The van der Waals surface area contributed by atoms with Gasteiger partial charge in [-0.1, -0.05) is 11.6 Å². The predicted octanol–water partition coefficient (Wildman–Crippen LogP) is 3.36. The number of nitro groups is 1. The van der Waals surface area contributed by atoms with Crippen molar-refractivity contribution in [3.63, 3.8) is 0 Å². The number of pyridine rings is 1. The summed E-state index contributed by atoms with van der Waals surface area (Å²) >= 11 is 5.84. The Bertz CT molecular complexity index is 622. The van der Waals surface area contributed by atoms with Crippen LogP contribution in [0.3, 0.4) is 0 Å². The lowest BCUT2D eigenvalue weighted by Gasteiger charge is -2.07. The third kappa shape index (κ3) is 3.17. The van der Waals surface area contributed by atoms with Crippen LogP contribution in [0.4, 0.5) is 10.1 Å². The molecule has 1 heterocycles. The summed E-state index contributed by atoms with van der Waals surface area (Å²) in [5.74, 6) is -0.252. The highest BCUT2D eigenvalue weighted by molar-refractivity contribution is 6.32. The maximum atomic E-state index is 13.3. The Hall–Kier alpha value is -2.21. The molecule has 2 aromatic rings. The lowest BCUT2D eigenvalue weighted by Crippen LogP contribution is -2.01. The van der Waals surface area contributed by atoms with Crippen LogP contribution in [0.25, 0.3) is 0 Å². The maximum absolute atomic E-state index is 13.3. The lowest BCUT2D eigenvalue weighted by molar-refractivity contribution is -0.384. The molecule has 0 saturated heterocycles. The molecular weight excluding hydrogens is 275 g/mol. The summed E-state index contributed by atoms with van der Waals surface area (Å²) in [6, 6.07) is 6.53. The molecule has 19 heavy (non-hydrogen) atoms. The Morgan fingerprint density at radius 2 is 2.21 bits per heavy atom. The summed E-state index contributed by atoms with van der Waals surface area (Å²) in [4.78, 5) is 13.8. The van der Waals surface area contributed by atoms with E-state index in [0.29, 0.717) is 0 Å². The molecule has 0 bridgehead atoms. The van der Waals surface area contributed by atoms with Gasteiger partial charge in [0.1, 0.15) is 23.9 Å². The third-order valence-electron chi connectivity index (χ3n) is 2.33. The van der Waals surface area contributed by atoms with Crippen LogP contribution in [0.15, 0.2) is 36.5 Å². The molecule has 0 saturated carbocycles. The van der Waals surface area contributed by atoms with Gasteiger partial charge in [0, 0.05) is 18.3 Å². The average Bonchev–Trinajstić information content (AvgIpc) is 2.39. The summed E-state index contributed by atoms with van der Waals surface area (Å²) in [6.45, 7) is -0.107. The molecule has 0 aliphatic carbocycles. The number of aromatic nitrogens is 1. The Morgan fingerprint density at radius 3 is 2.84 bits per heavy atom. The fourth-order valence-electron chi connectivity index (χ4n) is 1.39. The zero-order valence-corrected chi connectivity index (χ0v) is 10.3. The van der Waals surface area contributed by atoms with E-state index in [1.165, 1.54) is 36.5 Å². The normalized spacial score (nSPS) is 10.2. The van der Waals surface area contributed by atoms with E-state index in [-0.39, 0.29) is 28.8 Å². The minimum Gasteiger partial charge on any atom is -0.486 e. The zero-order chi connectivity index (χ0) is 13.8. The van der Waals surface area contributed by atoms with E-state index in [1.807, 2.05) is 0 Å². The molecule has 1 aromatic heterocycles. The minimum absolute atomic E-state index is 0.0885. The van der Waals surface area contributed by atoms with Gasteiger partial charge < -0.3 is 4.74 Å². The van der Waals surface area contributed by atoms with E-state index in [9.17, 15) is 14.5 Å². The number of nitro benzene ring substituents is 1. The summed E-state index contributed by atoms with van der Waals surface area (Å²) in [7, 11) is 0. The zero-order valence-electron chi connectivity index (χ0n) is 9.55. The molecule has 5 nitrogen and oxygen atoms in total. The van der Waals surface area contributed by atoms with Crippen molar-refractivity contribution in [3.8, 4) is 5.75 Å². The number of rotatable bonds is 4. The fraction of sp³-hybridized carbons (Fsp3) is 0.0833. The summed E-state index contributed by atoms with van der Waals surface area (Å²) < 4.78 is 18.6. The SMILES string of the molecule is O=[N+]([O-])c1ccc(OCc2ncccc2F)c(Cl)c1. The second kappa shape index (κ2) is 5.62. The van der Waals surface area contributed by atoms with Gasteiger partial charge in [-0.2, -0.15) is 0 Å². The van der Waals surface area contributed by atoms with E-state index in [0.717, 1.165) is 0 Å². The molecular formula is C12H8ClFN2O3. The highest BCUT2D eigenvalue weighted by Crippen LogP contribution is 2.29. The molecule has 1 aromatic carbocycles. The first-order valence-corrected chi connectivity index (χ1v) is 5.62. The maximum Gasteiger partial charge on any atom is 0.271 e. The van der Waals surface area contributed by atoms with Crippen LogP contribution in [-0.2, 0) is 6.61 Å². The van der Waals surface area contributed by atoms with Crippen LogP contribution >= 0.6 is 11.6 Å². The molecule has 0 aliphatic heterocycles. The highest BCUT2D eigenvalue weighted by atomic mass is 35.5. The molecule has 0 unspecified atom stereocenters. The molecule has 0 aliphatic rings. The van der Waals surface area contributed by atoms with Crippen LogP contribution in [0.1, 0.15) is 5.69 Å². The number of nitrogens with zero attached hydrogens (tertiary/aromatic N) is 2. The molecule has 0 fully saturated rings. The fourth-order valence-corrected chi connectivity index (χ4v) is 1.62. The Kier molecular flexibility index (Phi) is 3.91. The van der Waals surface area contributed by atoms with E-state index in [4.69, 9.17) is 16.3 Å². The number of hydrogen-bond donors (Lipinski definition) is 0. The van der Waals surface area contributed by atoms with Crippen molar-refractivity contribution in [2.75, 3.05) is 0 Å². The number of halogens is 2. The highest BCUT2D eigenvalue weighted by Gasteiger charge is 2.11. The van der Waals surface area contributed by atoms with E-state index >= 15 is 0 Å². The van der Waals surface area contributed by atoms with Crippen molar-refractivity contribution in [1.29, 1.82) is 0 Å². The first-order valence-electron chi connectivity index (χ1n) is 5.24. The van der Waals surface area contributed by atoms with Gasteiger partial charge in [-0.15, -0.1) is 0 Å². The van der Waals surface area contributed by atoms with Crippen molar-refractivity contribution in [2.45, 2.75) is 6.61 Å². The van der Waals surface area contributed by atoms with Crippen molar-refractivity contribution < 1.29 is 14.1 Å². The standard InChI is InChI=1S/C12H8ClFN2O3/c13-9-6-8(16(17)18)3-4-12(9)19-7-11-10(14)2-1-5-15-11/h1-6H,7H2. The summed E-state index contributed by atoms with van der Waals surface area (Å²) in [5.41, 5.74) is -0.00159. The van der Waals surface area contributed by atoms with E-state index in [1.54, 1.807) is 0 Å². The van der Waals surface area contributed by atoms with Gasteiger partial charge in [-0.05, 0) is 18.2 Å². The summed E-state index contributed by atoms with van der Waals surface area (Å²) in [6.07, 6.45) is 1.44. The lowest BCUT2D eigenvalue weighted by atomic mass is 10.3. The number of non-ortho nitro benzene ring substituents is 1. The quantitative estimate of drug-likeness (QED) is 0.637. The van der Waals surface area contributed by atoms with Crippen LogP contribution in [0, 0.1) is 15.9 Å². The van der Waals surface area contributed by atoms with Gasteiger partial charge in [0.15, 0.2) is 0 Å². The van der Waals surface area contributed by atoms with Gasteiger partial charge in [-0.3, -0.25) is 15.1 Å². The topological polar surface area (TPSA) is 65.3 Å². The Balaban J connectivity index is 2.12. The van der Waals surface area contributed by atoms with E-state index in [2.05, 4.69) is 4.98 Å². The van der Waals surface area contributed by atoms with Crippen LogP contribution in [0.2, 0.25) is 5.02 Å². The molecule has 0 radical (unpaired) electrons. The molecule has 2 rings (SSSR count). The molecule has 98 valence electrons. The molecule has 0 N–H and O–H groups in total. The minimum atomic E-state index is -0.561. The van der Waals surface area contributed by atoms with Gasteiger partial charge in [-0.25, -0.2) is 4.39 Å². The number of hydrogen-bond acceptors (Lipinski definition) is 4. The van der Waals surface area contributed by atoms with Gasteiger partial charge >= 0.3 is 0 Å². The predicted molar refractivity (Wildman–Crippen MR) is 66.6 cm³/mol. The number of benzene rings is 1. The van der Waals surface area contributed by atoms with Gasteiger partial charge in [0.05, 0.1) is 9.95 Å². The smallest absolute Gasteiger partial charge is 0.271 e. The van der Waals surface area contributed by atoms with Crippen LogP contribution in [0.5, 0.6) is 5.75 Å². The monoisotopic (exact) mass is 282 g/mol. The van der Waals surface area contributed by atoms with Gasteiger partial charge in [0.2, 0.25) is 0 Å². The van der Waals surface area contributed by atoms with Crippen molar-refractivity contribution >= 4 is 17.3 Å². The number of ether oxygens (including phenoxy) is 1. The molecule has 0 atom stereocenters. The van der Waals surface area contributed by atoms with Crippen molar-refractivity contribution in [1.82, 2.24) is 4.98 Å². The summed E-state index contributed by atoms with van der Waals surface area (Å²) in [5, 5.41) is 10.6. The third-order valence-corrected chi connectivity index (χ3v) is 2.62. The van der Waals surface area contributed by atoms with Crippen LogP contribution < -0.4 is 4.74 Å². The first kappa shape index (κ1) is 13.2. The van der Waals surface area contributed by atoms with Crippen molar-refractivity contribution in [2.24, 2.45) is 0 Å². The Morgan fingerprint density at radius 1 is 1.42 bits per heavy atom. The molecule has 0 amide bonds. The van der Waals surface area contributed by atoms with Gasteiger partial charge in [0.25, 0.3) is 5.69 Å². The Labute approximate surface area is 112 Å². The first-order chi connectivity index (χ1) is 9.08.